The van der Waals surface area contributed by atoms with Gasteiger partial charge in [0, 0.05) is 31.7 Å². The Labute approximate surface area is 136 Å². The first-order valence-corrected chi connectivity index (χ1v) is 8.15. The van der Waals surface area contributed by atoms with Crippen LogP contribution in [0.15, 0.2) is 18.2 Å². The number of likely N-dealkylation sites (N-methyl/N-ethyl adjacent to an activating group) is 2. The molecule has 2 aliphatic rings. The van der Waals surface area contributed by atoms with Crippen molar-refractivity contribution in [2.24, 2.45) is 0 Å². The summed E-state index contributed by atoms with van der Waals surface area (Å²) in [6.45, 7) is 3.38. The summed E-state index contributed by atoms with van der Waals surface area (Å²) in [5, 5.41) is 6.14. The van der Waals surface area contributed by atoms with Crippen LogP contribution in [0.5, 0.6) is 0 Å². The fourth-order valence-electron chi connectivity index (χ4n) is 3.28. The number of benzene rings is 1. The van der Waals surface area contributed by atoms with Gasteiger partial charge in [0.2, 0.25) is 5.91 Å². The monoisotopic (exact) mass is 316 g/mol. The van der Waals surface area contributed by atoms with Gasteiger partial charge >= 0.3 is 0 Å². The van der Waals surface area contributed by atoms with E-state index < -0.39 is 0 Å². The second kappa shape index (κ2) is 6.20. The molecule has 0 aromatic heterocycles. The summed E-state index contributed by atoms with van der Waals surface area (Å²) >= 11 is 0. The molecule has 2 amide bonds. The van der Waals surface area contributed by atoms with Gasteiger partial charge in [0.25, 0.3) is 5.91 Å². The second-order valence-corrected chi connectivity index (χ2v) is 6.39. The molecule has 0 saturated carbocycles. The molecular weight excluding hydrogens is 292 g/mol. The fourth-order valence-corrected chi connectivity index (χ4v) is 3.28. The summed E-state index contributed by atoms with van der Waals surface area (Å²) in [4.78, 5) is 28.5. The number of nitrogens with one attached hydrogen (secondary N) is 2. The van der Waals surface area contributed by atoms with E-state index in [0.29, 0.717) is 17.3 Å². The van der Waals surface area contributed by atoms with Crippen LogP contribution in [0, 0.1) is 0 Å². The van der Waals surface area contributed by atoms with Crippen LogP contribution >= 0.6 is 0 Å². The highest BCUT2D eigenvalue weighted by molar-refractivity contribution is 6.05. The standard InChI is InChI=1S/C17H24N4O2/c1-11-16(22)19-14-9-12(6-7-15(14)20(11)3)17(23)21-8-4-5-13(10-21)18-2/h6-7,9,11,13,18H,4-5,8,10H2,1-3H3,(H,19,22). The summed E-state index contributed by atoms with van der Waals surface area (Å²) < 4.78 is 0. The first-order chi connectivity index (χ1) is 11.0. The van der Waals surface area contributed by atoms with Gasteiger partial charge in [0.1, 0.15) is 6.04 Å². The van der Waals surface area contributed by atoms with E-state index in [1.165, 1.54) is 0 Å². The number of nitrogens with zero attached hydrogens (tertiary/aromatic N) is 2. The van der Waals surface area contributed by atoms with Crippen LogP contribution in [0.25, 0.3) is 0 Å². The van der Waals surface area contributed by atoms with E-state index in [1.54, 1.807) is 6.07 Å². The molecule has 2 N–H and O–H groups in total. The zero-order valence-corrected chi connectivity index (χ0v) is 13.9. The third-order valence-electron chi connectivity index (χ3n) is 4.96. The smallest absolute Gasteiger partial charge is 0.253 e. The van der Waals surface area contributed by atoms with Crippen LogP contribution in [0.3, 0.4) is 0 Å². The first-order valence-electron chi connectivity index (χ1n) is 8.15. The third-order valence-corrected chi connectivity index (χ3v) is 4.96. The van der Waals surface area contributed by atoms with Gasteiger partial charge in [0.05, 0.1) is 11.4 Å². The van der Waals surface area contributed by atoms with E-state index in [1.807, 2.05) is 43.0 Å². The van der Waals surface area contributed by atoms with Crippen molar-refractivity contribution in [1.29, 1.82) is 0 Å². The maximum absolute atomic E-state index is 12.7. The van der Waals surface area contributed by atoms with Crippen LogP contribution < -0.4 is 15.5 Å². The predicted molar refractivity (Wildman–Crippen MR) is 90.9 cm³/mol. The van der Waals surface area contributed by atoms with E-state index in [4.69, 9.17) is 0 Å². The maximum atomic E-state index is 12.7. The van der Waals surface area contributed by atoms with Crippen LogP contribution in [0.4, 0.5) is 11.4 Å². The minimum Gasteiger partial charge on any atom is -0.361 e. The fraction of sp³-hybridized carbons (Fsp3) is 0.529. The lowest BCUT2D eigenvalue weighted by molar-refractivity contribution is -0.117. The van der Waals surface area contributed by atoms with Crippen LogP contribution in [-0.2, 0) is 4.79 Å². The minimum absolute atomic E-state index is 0.0308. The highest BCUT2D eigenvalue weighted by Gasteiger charge is 2.29. The molecule has 6 nitrogen and oxygen atoms in total. The number of fused-ring (bicyclic) bond motifs is 1. The number of likely N-dealkylation sites (tertiary alicyclic amines) is 1. The molecule has 124 valence electrons. The van der Waals surface area contributed by atoms with Crippen molar-refractivity contribution in [3.05, 3.63) is 23.8 Å². The first kappa shape index (κ1) is 15.8. The Hall–Kier alpha value is -2.08. The number of carbonyl (C=O) groups is 2. The number of rotatable bonds is 2. The third kappa shape index (κ3) is 2.91. The molecule has 23 heavy (non-hydrogen) atoms. The Balaban J connectivity index is 1.83. The molecule has 0 aliphatic carbocycles. The van der Waals surface area contributed by atoms with Crippen LogP contribution in [0.2, 0.25) is 0 Å². The van der Waals surface area contributed by atoms with Gasteiger partial charge in [-0.05, 0) is 45.0 Å². The Kier molecular flexibility index (Phi) is 4.26. The molecule has 2 atom stereocenters. The topological polar surface area (TPSA) is 64.7 Å². The van der Waals surface area contributed by atoms with E-state index in [0.717, 1.165) is 31.6 Å². The summed E-state index contributed by atoms with van der Waals surface area (Å²) in [5.41, 5.74) is 2.28. The quantitative estimate of drug-likeness (QED) is 0.863. The Bertz CT molecular complexity index is 631. The van der Waals surface area contributed by atoms with Crippen molar-refractivity contribution >= 4 is 23.2 Å². The SMILES string of the molecule is CNC1CCCN(C(=O)c2ccc3c(c2)NC(=O)C(C)N3C)C1. The zero-order chi connectivity index (χ0) is 16.6. The van der Waals surface area contributed by atoms with E-state index in [2.05, 4.69) is 10.6 Å². The number of carbonyl (C=O) groups excluding carboxylic acids is 2. The molecular formula is C17H24N4O2. The van der Waals surface area contributed by atoms with Gasteiger partial charge < -0.3 is 20.4 Å². The predicted octanol–water partition coefficient (Wildman–Crippen LogP) is 1.29. The molecule has 1 saturated heterocycles. The molecule has 0 bridgehead atoms. The highest BCUT2D eigenvalue weighted by Crippen LogP contribution is 2.32. The maximum Gasteiger partial charge on any atom is 0.253 e. The average Bonchev–Trinajstić information content (AvgIpc) is 2.58. The van der Waals surface area contributed by atoms with Crippen molar-refractivity contribution in [3.63, 3.8) is 0 Å². The number of hydrogen-bond donors (Lipinski definition) is 2. The van der Waals surface area contributed by atoms with Gasteiger partial charge in [0.15, 0.2) is 0 Å². The number of piperidine rings is 1. The van der Waals surface area contributed by atoms with Gasteiger partial charge in [-0.2, -0.15) is 0 Å². The van der Waals surface area contributed by atoms with Crippen molar-refractivity contribution in [2.45, 2.75) is 31.8 Å². The molecule has 1 aromatic rings. The van der Waals surface area contributed by atoms with E-state index >= 15 is 0 Å². The summed E-state index contributed by atoms with van der Waals surface area (Å²) in [7, 11) is 3.83. The minimum atomic E-state index is -0.206. The molecule has 0 radical (unpaired) electrons. The summed E-state index contributed by atoms with van der Waals surface area (Å²) in [6.07, 6.45) is 2.11. The lowest BCUT2D eigenvalue weighted by Gasteiger charge is -2.34. The zero-order valence-electron chi connectivity index (χ0n) is 13.9. The second-order valence-electron chi connectivity index (χ2n) is 6.39. The largest absolute Gasteiger partial charge is 0.361 e. The van der Waals surface area contributed by atoms with Crippen molar-refractivity contribution in [3.8, 4) is 0 Å². The molecule has 2 heterocycles. The molecule has 2 unspecified atom stereocenters. The number of amides is 2. The van der Waals surface area contributed by atoms with Crippen LogP contribution in [0.1, 0.15) is 30.1 Å². The van der Waals surface area contributed by atoms with Crippen LogP contribution in [-0.4, -0.2) is 56.0 Å². The number of anilines is 2. The van der Waals surface area contributed by atoms with Gasteiger partial charge in [-0.1, -0.05) is 0 Å². The van der Waals surface area contributed by atoms with Gasteiger partial charge in [-0.15, -0.1) is 0 Å². The van der Waals surface area contributed by atoms with E-state index in [9.17, 15) is 9.59 Å². The van der Waals surface area contributed by atoms with Crippen molar-refractivity contribution in [1.82, 2.24) is 10.2 Å². The van der Waals surface area contributed by atoms with Crippen molar-refractivity contribution < 1.29 is 9.59 Å². The van der Waals surface area contributed by atoms with Crippen molar-refractivity contribution in [2.75, 3.05) is 37.4 Å². The highest BCUT2D eigenvalue weighted by atomic mass is 16.2. The normalized spacial score (nSPS) is 24.2. The molecule has 1 fully saturated rings. The Morgan fingerprint density at radius 1 is 1.39 bits per heavy atom. The number of hydrogen-bond acceptors (Lipinski definition) is 4. The summed E-state index contributed by atoms with van der Waals surface area (Å²) in [5.74, 6) is -0.0129. The van der Waals surface area contributed by atoms with E-state index in [-0.39, 0.29) is 17.9 Å². The lowest BCUT2D eigenvalue weighted by Crippen LogP contribution is -2.47. The molecule has 3 rings (SSSR count). The molecule has 0 spiro atoms. The summed E-state index contributed by atoms with van der Waals surface area (Å²) in [6, 6.07) is 5.71. The van der Waals surface area contributed by atoms with Gasteiger partial charge in [-0.3, -0.25) is 9.59 Å². The Morgan fingerprint density at radius 3 is 2.91 bits per heavy atom. The van der Waals surface area contributed by atoms with Gasteiger partial charge in [-0.25, -0.2) is 0 Å². The molecule has 2 aliphatic heterocycles. The average molecular weight is 316 g/mol. The molecule has 6 heteroatoms. The molecule has 1 aromatic carbocycles. The lowest BCUT2D eigenvalue weighted by atomic mass is 10.0. The Morgan fingerprint density at radius 2 is 2.17 bits per heavy atom.